The van der Waals surface area contributed by atoms with Gasteiger partial charge >= 0.3 is 0 Å². The van der Waals surface area contributed by atoms with Crippen molar-refractivity contribution >= 4 is 17.7 Å². The molecular formula is C25H31N7. The van der Waals surface area contributed by atoms with Gasteiger partial charge in [-0.15, -0.1) is 10.2 Å². The molecule has 7 heteroatoms. The summed E-state index contributed by atoms with van der Waals surface area (Å²) in [7, 11) is 3.95. The average molecular weight is 430 g/mol. The summed E-state index contributed by atoms with van der Waals surface area (Å²) in [4.78, 5) is 9.18. The van der Waals surface area contributed by atoms with Crippen molar-refractivity contribution in [3.8, 4) is 6.07 Å². The normalized spacial score (nSPS) is 16.8. The third-order valence-electron chi connectivity index (χ3n) is 6.73. The highest BCUT2D eigenvalue weighted by atomic mass is 15.3. The van der Waals surface area contributed by atoms with Gasteiger partial charge in [0.2, 0.25) is 0 Å². The quantitative estimate of drug-likeness (QED) is 0.681. The molecule has 32 heavy (non-hydrogen) atoms. The number of anilines is 1. The summed E-state index contributed by atoms with van der Waals surface area (Å²) in [5.41, 5.74) is 6.28. The number of nitriles is 1. The van der Waals surface area contributed by atoms with Crippen molar-refractivity contribution in [2.75, 3.05) is 32.1 Å². The number of rotatable bonds is 7. The predicted molar refractivity (Wildman–Crippen MR) is 128 cm³/mol. The number of piperidine rings is 1. The van der Waals surface area contributed by atoms with Crippen LogP contribution in [0.5, 0.6) is 0 Å². The van der Waals surface area contributed by atoms with E-state index in [9.17, 15) is 0 Å². The Morgan fingerprint density at radius 3 is 2.78 bits per heavy atom. The molecule has 1 aliphatic carbocycles. The number of nitrogens with one attached hydrogen (secondary N) is 1. The van der Waals surface area contributed by atoms with E-state index in [0.717, 1.165) is 74.5 Å². The van der Waals surface area contributed by atoms with Gasteiger partial charge in [-0.1, -0.05) is 12.1 Å². The first-order chi connectivity index (χ1) is 15.6. The number of aromatic nitrogens is 2. The van der Waals surface area contributed by atoms with Crippen LogP contribution in [0.15, 0.2) is 29.3 Å². The van der Waals surface area contributed by atoms with E-state index >= 15 is 0 Å². The molecule has 0 unspecified atom stereocenters. The largest absolute Gasteiger partial charge is 0.355 e. The maximum atomic E-state index is 9.14. The van der Waals surface area contributed by atoms with Crippen LogP contribution in [0.1, 0.15) is 53.6 Å². The van der Waals surface area contributed by atoms with E-state index < -0.39 is 0 Å². The van der Waals surface area contributed by atoms with Crippen molar-refractivity contribution < 1.29 is 0 Å². The number of aliphatic imine (C=N–C) groups is 1. The average Bonchev–Trinajstić information content (AvgIpc) is 3.32. The standard InChI is InChI=1S/C25H31N7/c1-28-23(9-12-26)24-21-7-4-8-22(21)25(30-29-24)32-13-10-20(11-14-32)31(2)17-19-6-3-5-18(15-19)16-27/h3,5-6,12,15,20,26H,4,7-11,13-14,17H2,1-2H3. The number of hydrogen-bond acceptors (Lipinski definition) is 7. The van der Waals surface area contributed by atoms with Gasteiger partial charge in [0.25, 0.3) is 0 Å². The molecule has 1 N–H and O–H groups in total. The summed E-state index contributed by atoms with van der Waals surface area (Å²) in [5.74, 6) is 1.05. The smallest absolute Gasteiger partial charge is 0.154 e. The molecule has 1 fully saturated rings. The molecule has 1 saturated heterocycles. The highest BCUT2D eigenvalue weighted by Crippen LogP contribution is 2.33. The van der Waals surface area contributed by atoms with Gasteiger partial charge in [-0.2, -0.15) is 5.26 Å². The number of hydrogen-bond donors (Lipinski definition) is 1. The van der Waals surface area contributed by atoms with Gasteiger partial charge in [0.05, 0.1) is 17.3 Å². The fourth-order valence-corrected chi connectivity index (χ4v) is 5.02. The first-order valence-corrected chi connectivity index (χ1v) is 11.4. The summed E-state index contributed by atoms with van der Waals surface area (Å²) in [6.07, 6.45) is 7.26. The van der Waals surface area contributed by atoms with Gasteiger partial charge in [-0.05, 0) is 62.4 Å². The van der Waals surface area contributed by atoms with Crippen LogP contribution in [0.2, 0.25) is 0 Å². The summed E-state index contributed by atoms with van der Waals surface area (Å²) < 4.78 is 0. The molecule has 166 valence electrons. The molecule has 0 saturated carbocycles. The summed E-state index contributed by atoms with van der Waals surface area (Å²) >= 11 is 0. The van der Waals surface area contributed by atoms with Crippen molar-refractivity contribution in [3.05, 3.63) is 52.2 Å². The summed E-state index contributed by atoms with van der Waals surface area (Å²) in [5, 5.41) is 25.8. The minimum Gasteiger partial charge on any atom is -0.355 e. The second kappa shape index (κ2) is 10.0. The van der Waals surface area contributed by atoms with Crippen molar-refractivity contribution in [2.45, 2.75) is 51.1 Å². The molecule has 7 nitrogen and oxygen atoms in total. The van der Waals surface area contributed by atoms with Crippen LogP contribution in [-0.2, 0) is 19.4 Å². The van der Waals surface area contributed by atoms with Crippen molar-refractivity contribution in [1.29, 1.82) is 10.7 Å². The Kier molecular flexibility index (Phi) is 6.91. The second-order valence-corrected chi connectivity index (χ2v) is 8.71. The van der Waals surface area contributed by atoms with Crippen LogP contribution in [0.25, 0.3) is 0 Å². The highest BCUT2D eigenvalue weighted by molar-refractivity contribution is 6.06. The molecule has 2 aliphatic rings. The highest BCUT2D eigenvalue weighted by Gasteiger charge is 2.29. The van der Waals surface area contributed by atoms with Gasteiger partial charge < -0.3 is 10.3 Å². The molecule has 0 radical (unpaired) electrons. The van der Waals surface area contributed by atoms with E-state index in [-0.39, 0.29) is 0 Å². The molecule has 4 rings (SSSR count). The third kappa shape index (κ3) is 4.56. The number of fused-ring (bicyclic) bond motifs is 1. The van der Waals surface area contributed by atoms with E-state index in [0.29, 0.717) is 12.5 Å². The van der Waals surface area contributed by atoms with Gasteiger partial charge in [0.1, 0.15) is 5.69 Å². The molecule has 2 heterocycles. The molecular weight excluding hydrogens is 398 g/mol. The molecule has 2 aromatic rings. The minimum absolute atomic E-state index is 0.506. The summed E-state index contributed by atoms with van der Waals surface area (Å²) in [6, 6.07) is 10.6. The van der Waals surface area contributed by atoms with E-state index in [1.165, 1.54) is 22.9 Å². The Bertz CT molecular complexity index is 1040. The Balaban J connectivity index is 1.44. The van der Waals surface area contributed by atoms with E-state index in [2.05, 4.69) is 44.2 Å². The molecule has 1 aromatic heterocycles. The van der Waals surface area contributed by atoms with Crippen LogP contribution in [0.3, 0.4) is 0 Å². The predicted octanol–water partition coefficient (Wildman–Crippen LogP) is 3.40. The van der Waals surface area contributed by atoms with Crippen molar-refractivity contribution in [3.63, 3.8) is 0 Å². The van der Waals surface area contributed by atoms with Crippen LogP contribution >= 0.6 is 0 Å². The maximum absolute atomic E-state index is 9.14. The number of benzene rings is 1. The van der Waals surface area contributed by atoms with Crippen molar-refractivity contribution in [2.24, 2.45) is 4.99 Å². The van der Waals surface area contributed by atoms with Crippen molar-refractivity contribution in [1.82, 2.24) is 15.1 Å². The Hall–Kier alpha value is -3.11. The topological polar surface area (TPSA) is 92.3 Å². The lowest BCUT2D eigenvalue weighted by Crippen LogP contribution is -2.43. The second-order valence-electron chi connectivity index (χ2n) is 8.71. The molecule has 0 atom stereocenters. The lowest BCUT2D eigenvalue weighted by atomic mass is 10.0. The lowest BCUT2D eigenvalue weighted by molar-refractivity contribution is 0.200. The lowest BCUT2D eigenvalue weighted by Gasteiger charge is -2.38. The van der Waals surface area contributed by atoms with Crippen LogP contribution in [0, 0.1) is 16.7 Å². The van der Waals surface area contributed by atoms with Gasteiger partial charge in [0.15, 0.2) is 5.82 Å². The van der Waals surface area contributed by atoms with E-state index in [4.69, 9.17) is 10.7 Å². The van der Waals surface area contributed by atoms with E-state index in [1.54, 1.807) is 7.05 Å². The molecule has 0 amide bonds. The van der Waals surface area contributed by atoms with Crippen LogP contribution < -0.4 is 4.90 Å². The molecule has 1 aromatic carbocycles. The first-order valence-electron chi connectivity index (χ1n) is 11.4. The summed E-state index contributed by atoms with van der Waals surface area (Å²) in [6.45, 7) is 2.81. The zero-order valence-corrected chi connectivity index (χ0v) is 19.0. The fraction of sp³-hybridized carbons (Fsp3) is 0.480. The Morgan fingerprint density at radius 2 is 2.06 bits per heavy atom. The minimum atomic E-state index is 0.506. The maximum Gasteiger partial charge on any atom is 0.154 e. The van der Waals surface area contributed by atoms with Gasteiger partial charge in [-0.3, -0.25) is 9.89 Å². The molecule has 1 aliphatic heterocycles. The van der Waals surface area contributed by atoms with Gasteiger partial charge in [0, 0.05) is 50.9 Å². The van der Waals surface area contributed by atoms with Crippen LogP contribution in [0.4, 0.5) is 5.82 Å². The van der Waals surface area contributed by atoms with E-state index in [1.807, 2.05) is 18.2 Å². The fourth-order valence-electron chi connectivity index (χ4n) is 5.02. The SMILES string of the molecule is CN=C(CC=N)c1nnc(N2CCC(N(C)Cc3cccc(C#N)c3)CC2)c2c1CCC2. The third-order valence-corrected chi connectivity index (χ3v) is 6.73. The monoisotopic (exact) mass is 429 g/mol. The first kappa shape index (κ1) is 22.1. The molecule has 0 bridgehead atoms. The zero-order valence-electron chi connectivity index (χ0n) is 19.0. The van der Waals surface area contributed by atoms with Crippen LogP contribution in [-0.4, -0.2) is 60.3 Å². The Labute approximate surface area is 190 Å². The molecule has 0 spiro atoms. The number of nitrogens with zero attached hydrogens (tertiary/aromatic N) is 6. The zero-order chi connectivity index (χ0) is 22.5. The van der Waals surface area contributed by atoms with Gasteiger partial charge in [-0.25, -0.2) is 0 Å². The Morgan fingerprint density at radius 1 is 1.28 bits per heavy atom.